The van der Waals surface area contributed by atoms with Crippen molar-refractivity contribution >= 4 is 38.9 Å². The van der Waals surface area contributed by atoms with Gasteiger partial charge in [-0.2, -0.15) is 0 Å². The molecule has 4 nitrogen and oxygen atoms in total. The van der Waals surface area contributed by atoms with Gasteiger partial charge in [0.2, 0.25) is 0 Å². The Hall–Kier alpha value is -2.40. The van der Waals surface area contributed by atoms with Gasteiger partial charge in [-0.05, 0) is 66.0 Å². The Labute approximate surface area is 217 Å². The van der Waals surface area contributed by atoms with Gasteiger partial charge >= 0.3 is 0 Å². The number of halogens is 1. The number of rotatable bonds is 5. The number of fused-ring (bicyclic) bond motifs is 8. The van der Waals surface area contributed by atoms with Crippen molar-refractivity contribution in [2.45, 2.75) is 84.2 Å². The number of aromatic nitrogens is 2. The second-order valence-electron chi connectivity index (χ2n) is 11.2. The zero-order valence-electron chi connectivity index (χ0n) is 21.6. The first-order valence-corrected chi connectivity index (χ1v) is 13.9. The monoisotopic (exact) mass is 530 g/mol. The van der Waals surface area contributed by atoms with Gasteiger partial charge in [0.1, 0.15) is 6.17 Å². The fourth-order valence-corrected chi connectivity index (χ4v) is 7.94. The summed E-state index contributed by atoms with van der Waals surface area (Å²) in [5.41, 5.74) is 7.08. The molecule has 35 heavy (non-hydrogen) atoms. The first kappa shape index (κ1) is 23.0. The van der Waals surface area contributed by atoms with E-state index in [9.17, 15) is 0 Å². The van der Waals surface area contributed by atoms with E-state index < -0.39 is 0 Å². The van der Waals surface area contributed by atoms with Gasteiger partial charge in [0.05, 0.1) is 0 Å². The summed E-state index contributed by atoms with van der Waals surface area (Å²) in [7, 11) is 0. The van der Waals surface area contributed by atoms with Crippen LogP contribution in [-0.4, -0.2) is 16.1 Å². The van der Waals surface area contributed by atoms with Crippen LogP contribution in [0, 0.1) is 5.41 Å². The van der Waals surface area contributed by atoms with Crippen molar-refractivity contribution in [1.82, 2.24) is 9.97 Å². The molecule has 1 saturated carbocycles. The van der Waals surface area contributed by atoms with E-state index in [4.69, 9.17) is 9.97 Å². The van der Waals surface area contributed by atoms with Crippen molar-refractivity contribution in [3.05, 3.63) is 70.0 Å². The van der Waals surface area contributed by atoms with Crippen molar-refractivity contribution in [2.24, 2.45) is 5.41 Å². The maximum Gasteiger partial charge on any atom is 0.178 e. The van der Waals surface area contributed by atoms with Crippen LogP contribution in [0.25, 0.3) is 0 Å². The highest BCUT2D eigenvalue weighted by atomic mass is 79.9. The van der Waals surface area contributed by atoms with Crippen LogP contribution >= 0.6 is 15.9 Å². The van der Waals surface area contributed by atoms with E-state index in [0.29, 0.717) is 11.8 Å². The molecule has 6 rings (SSSR count). The van der Waals surface area contributed by atoms with Gasteiger partial charge in [0, 0.05) is 39.1 Å². The van der Waals surface area contributed by atoms with E-state index >= 15 is 0 Å². The first-order valence-electron chi connectivity index (χ1n) is 13.1. The van der Waals surface area contributed by atoms with Crippen LogP contribution in [0.15, 0.2) is 53.3 Å². The highest BCUT2D eigenvalue weighted by Gasteiger charge is 2.76. The van der Waals surface area contributed by atoms with Crippen LogP contribution in [0.4, 0.5) is 23.0 Å². The van der Waals surface area contributed by atoms with Crippen molar-refractivity contribution in [1.29, 1.82) is 0 Å². The maximum absolute atomic E-state index is 4.92. The quantitative estimate of drug-likeness (QED) is 0.330. The van der Waals surface area contributed by atoms with Gasteiger partial charge in [0.15, 0.2) is 11.6 Å². The molecule has 3 atom stereocenters. The van der Waals surface area contributed by atoms with Crippen LogP contribution in [0.5, 0.6) is 0 Å². The van der Waals surface area contributed by atoms with Crippen molar-refractivity contribution in [3.8, 4) is 0 Å². The zero-order chi connectivity index (χ0) is 24.7. The summed E-state index contributed by atoms with van der Waals surface area (Å²) in [6, 6.07) is 14.0. The number of benzene rings is 2. The molecule has 0 saturated heterocycles. The molecular formula is C30H35BrN4. The molecule has 3 heterocycles. The molecule has 1 aliphatic carbocycles. The lowest BCUT2D eigenvalue weighted by Crippen LogP contribution is -2.51. The van der Waals surface area contributed by atoms with Crippen molar-refractivity contribution < 1.29 is 0 Å². The fraction of sp³-hybridized carbons (Fsp3) is 0.467. The molecule has 1 aromatic heterocycles. The van der Waals surface area contributed by atoms with E-state index in [-0.39, 0.29) is 17.0 Å². The third-order valence-electron chi connectivity index (χ3n) is 9.13. The Bertz CT molecular complexity index is 1300. The molecule has 3 aliphatic rings. The van der Waals surface area contributed by atoms with Gasteiger partial charge in [0.25, 0.3) is 0 Å². The molecule has 2 aromatic carbocycles. The molecule has 182 valence electrons. The van der Waals surface area contributed by atoms with Gasteiger partial charge < -0.3 is 9.80 Å². The molecule has 1 fully saturated rings. The molecule has 2 aliphatic heterocycles. The lowest BCUT2D eigenvalue weighted by molar-refractivity contribution is 0.311. The predicted molar refractivity (Wildman–Crippen MR) is 148 cm³/mol. The van der Waals surface area contributed by atoms with Crippen LogP contribution in [0.1, 0.15) is 89.3 Å². The Morgan fingerprint density at radius 1 is 0.914 bits per heavy atom. The second-order valence-corrected chi connectivity index (χ2v) is 12.1. The molecule has 3 unspecified atom stereocenters. The summed E-state index contributed by atoms with van der Waals surface area (Å²) in [5.74, 6) is 2.92. The summed E-state index contributed by atoms with van der Waals surface area (Å²) in [6.45, 7) is 13.8. The third kappa shape index (κ3) is 2.91. The van der Waals surface area contributed by atoms with Gasteiger partial charge in [-0.15, -0.1) is 0 Å². The Kier molecular flexibility index (Phi) is 5.13. The van der Waals surface area contributed by atoms with Gasteiger partial charge in [-0.25, -0.2) is 9.97 Å². The SMILES string of the molecule is CCC12CC1(CC)C1N(c3ccc(C(C)C)cc3)c3nccnc3N1c1cc(Br)c(C(C)C)cc12. The summed E-state index contributed by atoms with van der Waals surface area (Å²) in [4.78, 5) is 14.8. The number of hydrogen-bond acceptors (Lipinski definition) is 4. The normalized spacial score (nSPS) is 26.0. The summed E-state index contributed by atoms with van der Waals surface area (Å²) in [5, 5.41) is 0. The van der Waals surface area contributed by atoms with Crippen molar-refractivity contribution in [2.75, 3.05) is 9.80 Å². The summed E-state index contributed by atoms with van der Waals surface area (Å²) >= 11 is 3.92. The van der Waals surface area contributed by atoms with E-state index in [1.807, 2.05) is 12.4 Å². The minimum Gasteiger partial charge on any atom is -0.301 e. The minimum atomic E-state index is 0.149. The second kappa shape index (κ2) is 7.80. The lowest BCUT2D eigenvalue weighted by atomic mass is 9.75. The van der Waals surface area contributed by atoms with Crippen molar-refractivity contribution in [3.63, 3.8) is 0 Å². The van der Waals surface area contributed by atoms with Gasteiger partial charge in [-0.1, -0.05) is 75.7 Å². The van der Waals surface area contributed by atoms with Crippen LogP contribution in [0.3, 0.4) is 0 Å². The maximum atomic E-state index is 4.92. The topological polar surface area (TPSA) is 32.3 Å². The minimum absolute atomic E-state index is 0.149. The van der Waals surface area contributed by atoms with Crippen LogP contribution in [-0.2, 0) is 5.41 Å². The lowest BCUT2D eigenvalue weighted by Gasteiger charge is -2.46. The molecule has 3 aromatic rings. The first-order chi connectivity index (χ1) is 16.8. The molecule has 0 amide bonds. The Morgan fingerprint density at radius 2 is 1.57 bits per heavy atom. The Morgan fingerprint density at radius 3 is 2.14 bits per heavy atom. The van der Waals surface area contributed by atoms with Crippen LogP contribution in [0.2, 0.25) is 0 Å². The Balaban J connectivity index is 1.61. The van der Waals surface area contributed by atoms with Crippen LogP contribution < -0.4 is 9.80 Å². The molecule has 5 heteroatoms. The zero-order valence-corrected chi connectivity index (χ0v) is 23.2. The molecule has 0 spiro atoms. The average molecular weight is 532 g/mol. The van der Waals surface area contributed by atoms with Gasteiger partial charge in [-0.3, -0.25) is 0 Å². The smallest absolute Gasteiger partial charge is 0.178 e. The molecule has 0 N–H and O–H groups in total. The summed E-state index contributed by atoms with van der Waals surface area (Å²) < 4.78 is 1.19. The molecule has 0 bridgehead atoms. The predicted octanol–water partition coefficient (Wildman–Crippen LogP) is 8.56. The summed E-state index contributed by atoms with van der Waals surface area (Å²) in [6.07, 6.45) is 7.32. The highest BCUT2D eigenvalue weighted by molar-refractivity contribution is 9.10. The molecular weight excluding hydrogens is 496 g/mol. The van der Waals surface area contributed by atoms with E-state index in [1.54, 1.807) is 0 Å². The largest absolute Gasteiger partial charge is 0.301 e. The van der Waals surface area contributed by atoms with E-state index in [2.05, 4.69) is 104 Å². The number of anilines is 4. The van der Waals surface area contributed by atoms with E-state index in [0.717, 1.165) is 24.5 Å². The standard InChI is InChI=1S/C30H35BrN4/c1-7-29-17-30(29,8-2)28-34(21-11-9-20(10-12-21)18(3)4)26-27(33-14-13-32-26)35(28)25-16-24(31)22(19(5)6)15-23(25)29/h9-16,18-19,28H,7-8,17H2,1-6H3. The average Bonchev–Trinajstić information content (AvgIpc) is 3.43. The number of nitrogens with zero attached hydrogens (tertiary/aromatic N) is 4. The van der Waals surface area contributed by atoms with E-state index in [1.165, 1.54) is 39.0 Å². The fourth-order valence-electron chi connectivity index (χ4n) is 7.15. The number of hydrogen-bond donors (Lipinski definition) is 0. The highest BCUT2D eigenvalue weighted by Crippen LogP contribution is 2.78. The molecule has 0 radical (unpaired) electrons. The third-order valence-corrected chi connectivity index (χ3v) is 9.82.